The van der Waals surface area contributed by atoms with Crippen LogP contribution in [0.2, 0.25) is 0 Å². The van der Waals surface area contributed by atoms with E-state index in [2.05, 4.69) is 44.7 Å². The number of benzene rings is 4. The van der Waals surface area contributed by atoms with Crippen LogP contribution in [-0.2, 0) is 6.61 Å². The van der Waals surface area contributed by atoms with Crippen molar-refractivity contribution >= 4 is 16.7 Å². The van der Waals surface area contributed by atoms with Gasteiger partial charge in [-0.3, -0.25) is 4.90 Å². The molecule has 0 bridgehead atoms. The molecule has 0 heterocycles. The summed E-state index contributed by atoms with van der Waals surface area (Å²) in [7, 11) is 0. The highest BCUT2D eigenvalue weighted by Crippen LogP contribution is 2.36. The fourth-order valence-corrected chi connectivity index (χ4v) is 5.20. The molecule has 0 saturated carbocycles. The number of aliphatic hydroxyl groups is 1. The van der Waals surface area contributed by atoms with E-state index in [-0.39, 0.29) is 18.5 Å². The Morgan fingerprint density at radius 3 is 2.22 bits per heavy atom. The lowest BCUT2D eigenvalue weighted by Crippen LogP contribution is -2.38. The van der Waals surface area contributed by atoms with Crippen molar-refractivity contribution in [2.45, 2.75) is 58.7 Å². The smallest absolute Gasteiger partial charge is 0.344 e. The molecule has 1 unspecified atom stereocenters. The maximum atomic E-state index is 13.5. The molecule has 4 rings (SSSR count). The number of ether oxygens (including phenoxy) is 1. The predicted octanol–water partition coefficient (Wildman–Crippen LogP) is 7.19. The fraction of sp³-hybridized carbons (Fsp3) is 0.303. The molecule has 0 radical (unpaired) electrons. The number of carbonyl (C=O) groups excluding carboxylic acids is 1. The average molecular weight is 496 g/mol. The van der Waals surface area contributed by atoms with Crippen molar-refractivity contribution in [2.24, 2.45) is 0 Å². The van der Waals surface area contributed by atoms with E-state index in [0.29, 0.717) is 23.4 Å². The molecule has 0 amide bonds. The van der Waals surface area contributed by atoms with Gasteiger partial charge >= 0.3 is 5.97 Å². The zero-order valence-corrected chi connectivity index (χ0v) is 22.2. The van der Waals surface area contributed by atoms with Crippen LogP contribution in [0.4, 0.5) is 0 Å². The molecule has 0 fully saturated rings. The van der Waals surface area contributed by atoms with Crippen molar-refractivity contribution in [1.29, 1.82) is 0 Å². The summed E-state index contributed by atoms with van der Waals surface area (Å²) >= 11 is 0. The first-order valence-electron chi connectivity index (χ1n) is 13.1. The lowest BCUT2D eigenvalue weighted by atomic mass is 9.86. The van der Waals surface area contributed by atoms with Crippen LogP contribution in [0.15, 0.2) is 91.0 Å². The molecule has 1 atom stereocenters. The van der Waals surface area contributed by atoms with Gasteiger partial charge in [0, 0.05) is 23.6 Å². The monoisotopic (exact) mass is 495 g/mol. The van der Waals surface area contributed by atoms with E-state index < -0.39 is 0 Å². The minimum atomic E-state index is -0.382. The molecular weight excluding hydrogens is 458 g/mol. The Kier molecular flexibility index (Phi) is 8.75. The second-order valence-electron chi connectivity index (χ2n) is 10.1. The van der Waals surface area contributed by atoms with Crippen LogP contribution in [0.25, 0.3) is 10.8 Å². The van der Waals surface area contributed by atoms with Crippen LogP contribution < -0.4 is 4.74 Å². The lowest BCUT2D eigenvalue weighted by Gasteiger charge is -2.32. The van der Waals surface area contributed by atoms with E-state index in [1.165, 1.54) is 0 Å². The van der Waals surface area contributed by atoms with Crippen LogP contribution in [0.5, 0.6) is 5.75 Å². The van der Waals surface area contributed by atoms with E-state index in [4.69, 9.17) is 4.74 Å². The predicted molar refractivity (Wildman–Crippen MR) is 151 cm³/mol. The third kappa shape index (κ3) is 6.27. The molecule has 0 aliphatic carbocycles. The van der Waals surface area contributed by atoms with E-state index in [9.17, 15) is 9.90 Å². The maximum absolute atomic E-state index is 13.5. The molecule has 0 saturated heterocycles. The minimum Gasteiger partial charge on any atom is -0.423 e. The molecule has 4 aromatic carbocycles. The highest BCUT2D eigenvalue weighted by atomic mass is 16.5. The van der Waals surface area contributed by atoms with Crippen LogP contribution in [0.1, 0.15) is 67.1 Å². The molecule has 0 aliphatic heterocycles. The highest BCUT2D eigenvalue weighted by Gasteiger charge is 2.24. The highest BCUT2D eigenvalue weighted by molar-refractivity contribution is 6.05. The van der Waals surface area contributed by atoms with Crippen LogP contribution in [0.3, 0.4) is 0 Å². The number of esters is 1. The molecule has 4 heteroatoms. The largest absolute Gasteiger partial charge is 0.423 e. The van der Waals surface area contributed by atoms with Crippen LogP contribution >= 0.6 is 0 Å². The van der Waals surface area contributed by atoms with Crippen molar-refractivity contribution < 1.29 is 14.6 Å². The van der Waals surface area contributed by atoms with E-state index >= 15 is 0 Å². The number of rotatable bonds is 10. The Morgan fingerprint density at radius 2 is 1.51 bits per heavy atom. The van der Waals surface area contributed by atoms with Gasteiger partial charge in [-0.1, -0.05) is 72.8 Å². The van der Waals surface area contributed by atoms with Crippen LogP contribution in [-0.4, -0.2) is 34.6 Å². The summed E-state index contributed by atoms with van der Waals surface area (Å²) in [6.07, 6.45) is 0.855. The van der Waals surface area contributed by atoms with Gasteiger partial charge in [-0.15, -0.1) is 0 Å². The average Bonchev–Trinajstić information content (AvgIpc) is 2.91. The van der Waals surface area contributed by atoms with Crippen molar-refractivity contribution in [3.8, 4) is 5.75 Å². The first-order chi connectivity index (χ1) is 17.9. The van der Waals surface area contributed by atoms with Crippen molar-refractivity contribution in [2.75, 3.05) is 6.54 Å². The normalized spacial score (nSPS) is 12.4. The number of aliphatic hydroxyl groups excluding tert-OH is 1. The van der Waals surface area contributed by atoms with E-state index in [1.807, 2.05) is 78.9 Å². The first-order valence-corrected chi connectivity index (χ1v) is 13.1. The van der Waals surface area contributed by atoms with Gasteiger partial charge in [-0.05, 0) is 80.8 Å². The maximum Gasteiger partial charge on any atom is 0.344 e. The molecule has 4 nitrogen and oxygen atoms in total. The summed E-state index contributed by atoms with van der Waals surface area (Å²) in [5.41, 5.74) is 3.41. The molecule has 37 heavy (non-hydrogen) atoms. The fourth-order valence-electron chi connectivity index (χ4n) is 5.20. The van der Waals surface area contributed by atoms with Crippen LogP contribution in [0, 0.1) is 0 Å². The molecule has 0 aromatic heterocycles. The van der Waals surface area contributed by atoms with Crippen molar-refractivity contribution in [3.63, 3.8) is 0 Å². The Bertz CT molecular complexity index is 1320. The third-order valence-electron chi connectivity index (χ3n) is 7.05. The van der Waals surface area contributed by atoms with Gasteiger partial charge < -0.3 is 9.84 Å². The van der Waals surface area contributed by atoms with E-state index in [0.717, 1.165) is 40.4 Å². The zero-order chi connectivity index (χ0) is 26.4. The Morgan fingerprint density at radius 1 is 0.838 bits per heavy atom. The number of hydrogen-bond acceptors (Lipinski definition) is 4. The van der Waals surface area contributed by atoms with Gasteiger partial charge in [-0.2, -0.15) is 0 Å². The second kappa shape index (κ2) is 12.2. The van der Waals surface area contributed by atoms with Crippen molar-refractivity contribution in [3.05, 3.63) is 113 Å². The SMILES string of the molecule is CC(C)N(CCC(c1ccccc1)c1cc(CO)ccc1OC(=O)c1cccc2ccccc12)C(C)C. The number of hydrogen-bond donors (Lipinski definition) is 1. The molecule has 0 spiro atoms. The summed E-state index contributed by atoms with van der Waals surface area (Å²) < 4.78 is 6.11. The number of carbonyl (C=O) groups is 1. The van der Waals surface area contributed by atoms with Gasteiger partial charge in [0.15, 0.2) is 0 Å². The minimum absolute atomic E-state index is 0.00279. The quantitative estimate of drug-likeness (QED) is 0.187. The van der Waals surface area contributed by atoms with Gasteiger partial charge in [0.05, 0.1) is 12.2 Å². The van der Waals surface area contributed by atoms with Gasteiger partial charge in [0.25, 0.3) is 0 Å². The summed E-state index contributed by atoms with van der Waals surface area (Å²) in [4.78, 5) is 15.9. The Balaban J connectivity index is 1.73. The summed E-state index contributed by atoms with van der Waals surface area (Å²) in [5.74, 6) is 0.153. The zero-order valence-electron chi connectivity index (χ0n) is 22.2. The Labute approximate surface area is 220 Å². The summed E-state index contributed by atoms with van der Waals surface area (Å²) in [6.45, 7) is 9.72. The van der Waals surface area contributed by atoms with Gasteiger partial charge in [0.1, 0.15) is 5.75 Å². The molecule has 0 aliphatic rings. The summed E-state index contributed by atoms with van der Waals surface area (Å²) in [5, 5.41) is 11.8. The molecule has 192 valence electrons. The molecule has 4 aromatic rings. The number of fused-ring (bicyclic) bond motifs is 1. The third-order valence-corrected chi connectivity index (χ3v) is 7.05. The van der Waals surface area contributed by atoms with Gasteiger partial charge in [-0.25, -0.2) is 4.79 Å². The first kappa shape index (κ1) is 26.6. The second-order valence-corrected chi connectivity index (χ2v) is 10.1. The molecule has 1 N–H and O–H groups in total. The van der Waals surface area contributed by atoms with E-state index in [1.54, 1.807) is 0 Å². The topological polar surface area (TPSA) is 49.8 Å². The lowest BCUT2D eigenvalue weighted by molar-refractivity contribution is 0.0734. The van der Waals surface area contributed by atoms with Gasteiger partial charge in [0.2, 0.25) is 0 Å². The standard InChI is InChI=1S/C33H37NO3/c1-23(2)34(24(3)4)20-19-29(26-11-6-5-7-12-26)31-21-25(22-35)17-18-32(31)37-33(36)30-16-10-14-27-13-8-9-15-28(27)30/h5-18,21,23-24,29,35H,19-20,22H2,1-4H3. The van der Waals surface area contributed by atoms with Crippen molar-refractivity contribution in [1.82, 2.24) is 4.90 Å². The Hall–Kier alpha value is -3.47. The molecular formula is C33H37NO3. The number of nitrogens with zero attached hydrogens (tertiary/aromatic N) is 1. The summed E-state index contributed by atoms with van der Waals surface area (Å²) in [6, 6.07) is 30.4.